The lowest BCUT2D eigenvalue weighted by Crippen LogP contribution is -2.31. The predicted octanol–water partition coefficient (Wildman–Crippen LogP) is 5.26. The Morgan fingerprint density at radius 2 is 1.61 bits per heavy atom. The molecule has 2 heterocycles. The van der Waals surface area contributed by atoms with E-state index in [1.165, 1.54) is 5.56 Å². The SMILES string of the molecule is Cl.N[C@@H](CNc1ncc(-c2ccc(Cl)cc2)c(-c2ccncc2)n1)Cc1ccccc1. The van der Waals surface area contributed by atoms with Crippen molar-refractivity contribution in [2.45, 2.75) is 12.5 Å². The van der Waals surface area contributed by atoms with Gasteiger partial charge in [-0.05, 0) is 41.8 Å². The van der Waals surface area contributed by atoms with Gasteiger partial charge in [0.05, 0.1) is 5.69 Å². The second kappa shape index (κ2) is 10.9. The molecule has 3 N–H and O–H groups in total. The fourth-order valence-corrected chi connectivity index (χ4v) is 3.37. The van der Waals surface area contributed by atoms with E-state index in [4.69, 9.17) is 22.3 Å². The van der Waals surface area contributed by atoms with E-state index in [9.17, 15) is 0 Å². The van der Waals surface area contributed by atoms with Gasteiger partial charge in [0.2, 0.25) is 5.95 Å². The summed E-state index contributed by atoms with van der Waals surface area (Å²) in [5.41, 5.74) is 11.2. The van der Waals surface area contributed by atoms with Crippen molar-refractivity contribution in [3.05, 3.63) is 95.9 Å². The Labute approximate surface area is 193 Å². The molecule has 0 amide bonds. The number of nitrogens with two attached hydrogens (primary N) is 1. The molecular formula is C24H23Cl2N5. The summed E-state index contributed by atoms with van der Waals surface area (Å²) in [5, 5.41) is 3.97. The van der Waals surface area contributed by atoms with Gasteiger partial charge in [-0.25, -0.2) is 9.97 Å². The van der Waals surface area contributed by atoms with Crippen LogP contribution in [0.15, 0.2) is 85.3 Å². The third kappa shape index (κ3) is 6.01. The van der Waals surface area contributed by atoms with E-state index in [-0.39, 0.29) is 18.4 Å². The monoisotopic (exact) mass is 451 g/mol. The average molecular weight is 452 g/mol. The largest absolute Gasteiger partial charge is 0.353 e. The molecule has 0 fully saturated rings. The van der Waals surface area contributed by atoms with E-state index < -0.39 is 0 Å². The van der Waals surface area contributed by atoms with Crippen LogP contribution in [-0.2, 0) is 6.42 Å². The third-order valence-corrected chi connectivity index (χ3v) is 5.01. The number of halogens is 2. The van der Waals surface area contributed by atoms with Crippen molar-refractivity contribution in [2.24, 2.45) is 5.73 Å². The normalized spacial score (nSPS) is 11.4. The smallest absolute Gasteiger partial charge is 0.223 e. The van der Waals surface area contributed by atoms with Crippen LogP contribution in [0.25, 0.3) is 22.4 Å². The highest BCUT2D eigenvalue weighted by Gasteiger charge is 2.13. The van der Waals surface area contributed by atoms with Gasteiger partial charge in [-0.3, -0.25) is 4.98 Å². The molecule has 0 spiro atoms. The molecule has 0 radical (unpaired) electrons. The molecule has 0 saturated carbocycles. The minimum Gasteiger partial charge on any atom is -0.353 e. The average Bonchev–Trinajstić information content (AvgIpc) is 2.79. The number of rotatable bonds is 7. The topological polar surface area (TPSA) is 76.7 Å². The third-order valence-electron chi connectivity index (χ3n) is 4.76. The summed E-state index contributed by atoms with van der Waals surface area (Å²) in [4.78, 5) is 13.4. The first-order chi connectivity index (χ1) is 14.7. The standard InChI is InChI=1S/C24H22ClN5.ClH/c25-20-8-6-18(7-9-20)22-16-29-24(30-23(22)19-10-12-27-13-11-19)28-15-21(26)14-17-4-2-1-3-5-17;/h1-13,16,21H,14-15,26H2,(H,28,29,30);1H/t21-;/m1./s1. The molecule has 0 aliphatic rings. The van der Waals surface area contributed by atoms with Crippen molar-refractivity contribution >= 4 is 30.0 Å². The van der Waals surface area contributed by atoms with Crippen LogP contribution in [0.1, 0.15) is 5.56 Å². The lowest BCUT2D eigenvalue weighted by molar-refractivity contribution is 0.696. The minimum absolute atomic E-state index is 0. The van der Waals surface area contributed by atoms with Crippen LogP contribution in [0.5, 0.6) is 0 Å². The van der Waals surface area contributed by atoms with Crippen molar-refractivity contribution in [3.8, 4) is 22.4 Å². The van der Waals surface area contributed by atoms with Gasteiger partial charge in [0.15, 0.2) is 0 Å². The lowest BCUT2D eigenvalue weighted by atomic mass is 10.0. The fraction of sp³-hybridized carbons (Fsp3) is 0.125. The molecule has 0 aliphatic heterocycles. The summed E-state index contributed by atoms with van der Waals surface area (Å²) in [6.45, 7) is 0.574. The van der Waals surface area contributed by atoms with Crippen LogP contribution >= 0.6 is 24.0 Å². The van der Waals surface area contributed by atoms with Crippen LogP contribution in [0, 0.1) is 0 Å². The molecule has 1 atom stereocenters. The maximum atomic E-state index is 6.30. The summed E-state index contributed by atoms with van der Waals surface area (Å²) in [6.07, 6.45) is 6.13. The number of aromatic nitrogens is 3. The Morgan fingerprint density at radius 3 is 2.32 bits per heavy atom. The van der Waals surface area contributed by atoms with Gasteiger partial charge < -0.3 is 11.1 Å². The maximum Gasteiger partial charge on any atom is 0.223 e. The van der Waals surface area contributed by atoms with Gasteiger partial charge in [-0.15, -0.1) is 12.4 Å². The van der Waals surface area contributed by atoms with E-state index >= 15 is 0 Å². The lowest BCUT2D eigenvalue weighted by Gasteiger charge is -2.15. The van der Waals surface area contributed by atoms with Crippen LogP contribution < -0.4 is 11.1 Å². The Morgan fingerprint density at radius 1 is 0.903 bits per heavy atom. The number of hydrogen-bond acceptors (Lipinski definition) is 5. The second-order valence-corrected chi connectivity index (χ2v) is 7.47. The Hall–Kier alpha value is -2.99. The van der Waals surface area contributed by atoms with E-state index in [2.05, 4.69) is 27.4 Å². The van der Waals surface area contributed by atoms with Crippen LogP contribution in [0.3, 0.4) is 0 Å². The van der Waals surface area contributed by atoms with E-state index in [0.29, 0.717) is 17.5 Å². The minimum atomic E-state index is -0.0451. The molecule has 7 heteroatoms. The summed E-state index contributed by atoms with van der Waals surface area (Å²) in [5.74, 6) is 0.544. The first-order valence-electron chi connectivity index (χ1n) is 9.76. The Balaban J connectivity index is 0.00000272. The molecule has 5 nitrogen and oxygen atoms in total. The summed E-state index contributed by atoms with van der Waals surface area (Å²) in [7, 11) is 0. The number of benzene rings is 2. The first kappa shape index (κ1) is 22.7. The summed E-state index contributed by atoms with van der Waals surface area (Å²) >= 11 is 6.05. The zero-order chi connectivity index (χ0) is 20.8. The fourth-order valence-electron chi connectivity index (χ4n) is 3.25. The van der Waals surface area contributed by atoms with E-state index in [0.717, 1.165) is 28.8 Å². The Bertz CT molecular complexity index is 1090. The number of nitrogens with one attached hydrogen (secondary N) is 1. The summed E-state index contributed by atoms with van der Waals surface area (Å²) < 4.78 is 0. The van der Waals surface area contributed by atoms with Gasteiger partial charge in [-0.1, -0.05) is 54.1 Å². The molecular weight excluding hydrogens is 429 g/mol. The molecule has 4 aromatic rings. The molecule has 2 aromatic carbocycles. The van der Waals surface area contributed by atoms with E-state index in [1.807, 2.05) is 60.8 Å². The molecule has 0 unspecified atom stereocenters. The van der Waals surface area contributed by atoms with Crippen molar-refractivity contribution in [3.63, 3.8) is 0 Å². The van der Waals surface area contributed by atoms with Gasteiger partial charge in [-0.2, -0.15) is 0 Å². The number of pyridine rings is 1. The molecule has 0 bridgehead atoms. The number of hydrogen-bond donors (Lipinski definition) is 2. The van der Waals surface area contributed by atoms with Crippen LogP contribution in [0.2, 0.25) is 5.02 Å². The van der Waals surface area contributed by atoms with Gasteiger partial charge >= 0.3 is 0 Å². The van der Waals surface area contributed by atoms with Crippen LogP contribution in [0.4, 0.5) is 5.95 Å². The second-order valence-electron chi connectivity index (χ2n) is 7.03. The van der Waals surface area contributed by atoms with Crippen molar-refractivity contribution in [1.82, 2.24) is 15.0 Å². The Kier molecular flexibility index (Phi) is 7.95. The molecule has 4 rings (SSSR count). The number of anilines is 1. The highest BCUT2D eigenvalue weighted by atomic mass is 35.5. The predicted molar refractivity (Wildman–Crippen MR) is 130 cm³/mol. The summed E-state index contributed by atoms with van der Waals surface area (Å²) in [6, 6.07) is 21.7. The molecule has 0 saturated heterocycles. The zero-order valence-corrected chi connectivity index (χ0v) is 18.4. The molecule has 2 aromatic heterocycles. The first-order valence-corrected chi connectivity index (χ1v) is 10.1. The van der Waals surface area contributed by atoms with Crippen molar-refractivity contribution < 1.29 is 0 Å². The van der Waals surface area contributed by atoms with Crippen molar-refractivity contribution in [2.75, 3.05) is 11.9 Å². The van der Waals surface area contributed by atoms with Gasteiger partial charge in [0.1, 0.15) is 0 Å². The van der Waals surface area contributed by atoms with Gasteiger partial charge in [0.25, 0.3) is 0 Å². The quantitative estimate of drug-likeness (QED) is 0.400. The molecule has 0 aliphatic carbocycles. The van der Waals surface area contributed by atoms with Gasteiger partial charge in [0, 0.05) is 47.3 Å². The van der Waals surface area contributed by atoms with Crippen LogP contribution in [-0.4, -0.2) is 27.5 Å². The maximum absolute atomic E-state index is 6.30. The molecule has 31 heavy (non-hydrogen) atoms. The van der Waals surface area contributed by atoms with E-state index in [1.54, 1.807) is 12.4 Å². The zero-order valence-electron chi connectivity index (χ0n) is 16.8. The molecule has 158 valence electrons. The highest BCUT2D eigenvalue weighted by Crippen LogP contribution is 2.31. The highest BCUT2D eigenvalue weighted by molar-refractivity contribution is 6.30. The number of nitrogens with zero attached hydrogens (tertiary/aromatic N) is 3. The van der Waals surface area contributed by atoms with Crippen molar-refractivity contribution in [1.29, 1.82) is 0 Å².